The summed E-state index contributed by atoms with van der Waals surface area (Å²) in [7, 11) is 0. The third-order valence-electron chi connectivity index (χ3n) is 4.53. The van der Waals surface area contributed by atoms with Gasteiger partial charge >= 0.3 is 6.03 Å². The number of rotatable bonds is 3. The molecular formula is C17H18N4O2S. The molecule has 7 heteroatoms. The molecule has 3 N–H and O–H groups in total. The van der Waals surface area contributed by atoms with Gasteiger partial charge in [0.1, 0.15) is 6.04 Å². The fourth-order valence-corrected chi connectivity index (χ4v) is 4.33. The molecule has 24 heavy (non-hydrogen) atoms. The predicted molar refractivity (Wildman–Crippen MR) is 92.3 cm³/mol. The van der Waals surface area contributed by atoms with E-state index in [4.69, 9.17) is 0 Å². The van der Waals surface area contributed by atoms with Crippen molar-refractivity contribution in [2.24, 2.45) is 0 Å². The van der Waals surface area contributed by atoms with Crippen molar-refractivity contribution in [2.45, 2.75) is 31.2 Å². The third kappa shape index (κ3) is 2.99. The SMILES string of the molecule is O=C1NCC(C(=O)Nc2nc3c(s2)CC(c2ccccc2)CC3)N1. The van der Waals surface area contributed by atoms with E-state index in [0.717, 1.165) is 25.0 Å². The lowest BCUT2D eigenvalue weighted by atomic mass is 9.85. The number of anilines is 1. The van der Waals surface area contributed by atoms with Crippen LogP contribution in [0, 0.1) is 0 Å². The second kappa shape index (κ2) is 6.24. The number of aromatic nitrogens is 1. The summed E-state index contributed by atoms with van der Waals surface area (Å²) in [5.74, 6) is 0.292. The maximum Gasteiger partial charge on any atom is 0.315 e. The Morgan fingerprint density at radius 1 is 1.29 bits per heavy atom. The zero-order valence-corrected chi connectivity index (χ0v) is 13.9. The second-order valence-electron chi connectivity index (χ2n) is 6.14. The van der Waals surface area contributed by atoms with Crippen LogP contribution in [0.3, 0.4) is 0 Å². The van der Waals surface area contributed by atoms with Crippen molar-refractivity contribution in [1.82, 2.24) is 15.6 Å². The Balaban J connectivity index is 1.45. The van der Waals surface area contributed by atoms with Crippen molar-refractivity contribution in [3.8, 4) is 0 Å². The number of thiazole rings is 1. The van der Waals surface area contributed by atoms with Crippen LogP contribution in [0.15, 0.2) is 30.3 Å². The number of urea groups is 1. The molecule has 4 rings (SSSR count). The summed E-state index contributed by atoms with van der Waals surface area (Å²) in [5, 5.41) is 8.62. The largest absolute Gasteiger partial charge is 0.336 e. The summed E-state index contributed by atoms with van der Waals surface area (Å²) >= 11 is 1.55. The lowest BCUT2D eigenvalue weighted by Gasteiger charge is -2.21. The van der Waals surface area contributed by atoms with Crippen LogP contribution < -0.4 is 16.0 Å². The number of hydrogen-bond donors (Lipinski definition) is 3. The highest BCUT2D eigenvalue weighted by Crippen LogP contribution is 2.36. The van der Waals surface area contributed by atoms with Crippen LogP contribution in [0.5, 0.6) is 0 Å². The van der Waals surface area contributed by atoms with Gasteiger partial charge in [0.2, 0.25) is 0 Å². The highest BCUT2D eigenvalue weighted by molar-refractivity contribution is 7.15. The average molecular weight is 342 g/mol. The van der Waals surface area contributed by atoms with Gasteiger partial charge in [0.15, 0.2) is 5.13 Å². The van der Waals surface area contributed by atoms with Crippen molar-refractivity contribution in [3.63, 3.8) is 0 Å². The van der Waals surface area contributed by atoms with Gasteiger partial charge in [-0.15, -0.1) is 11.3 Å². The van der Waals surface area contributed by atoms with Gasteiger partial charge in [-0.1, -0.05) is 30.3 Å². The van der Waals surface area contributed by atoms with Crippen molar-refractivity contribution >= 4 is 28.4 Å². The molecule has 2 heterocycles. The van der Waals surface area contributed by atoms with E-state index in [-0.39, 0.29) is 11.9 Å². The molecule has 2 aromatic rings. The summed E-state index contributed by atoms with van der Waals surface area (Å²) in [5.41, 5.74) is 2.46. The molecule has 2 atom stereocenters. The van der Waals surface area contributed by atoms with Gasteiger partial charge < -0.3 is 16.0 Å². The van der Waals surface area contributed by atoms with Gasteiger partial charge in [-0.3, -0.25) is 4.79 Å². The van der Waals surface area contributed by atoms with Crippen LogP contribution in [0.4, 0.5) is 9.93 Å². The maximum absolute atomic E-state index is 12.2. The van der Waals surface area contributed by atoms with Gasteiger partial charge in [0.05, 0.1) is 5.69 Å². The summed E-state index contributed by atoms with van der Waals surface area (Å²) in [4.78, 5) is 29.1. The molecule has 2 aliphatic rings. The molecular weight excluding hydrogens is 324 g/mol. The van der Waals surface area contributed by atoms with E-state index in [1.54, 1.807) is 11.3 Å². The molecule has 0 bridgehead atoms. The fourth-order valence-electron chi connectivity index (χ4n) is 3.24. The second-order valence-corrected chi connectivity index (χ2v) is 7.22. The molecule has 2 unspecified atom stereocenters. The van der Waals surface area contributed by atoms with Crippen molar-refractivity contribution in [3.05, 3.63) is 46.5 Å². The van der Waals surface area contributed by atoms with Crippen LogP contribution in [0.25, 0.3) is 0 Å². The first-order valence-electron chi connectivity index (χ1n) is 8.08. The Morgan fingerprint density at radius 3 is 2.88 bits per heavy atom. The smallest absolute Gasteiger partial charge is 0.315 e. The first-order valence-corrected chi connectivity index (χ1v) is 8.89. The molecule has 0 radical (unpaired) electrons. The van der Waals surface area contributed by atoms with E-state index in [0.29, 0.717) is 17.6 Å². The fraction of sp³-hybridized carbons (Fsp3) is 0.353. The number of aryl methyl sites for hydroxylation is 1. The molecule has 3 amide bonds. The zero-order valence-electron chi connectivity index (χ0n) is 13.0. The lowest BCUT2D eigenvalue weighted by Crippen LogP contribution is -2.38. The number of carbonyl (C=O) groups is 2. The Morgan fingerprint density at radius 2 is 2.12 bits per heavy atom. The van der Waals surface area contributed by atoms with E-state index < -0.39 is 6.04 Å². The number of benzene rings is 1. The normalized spacial score (nSPS) is 22.4. The highest BCUT2D eigenvalue weighted by Gasteiger charge is 2.28. The average Bonchev–Trinajstić information content (AvgIpc) is 3.20. The predicted octanol–water partition coefficient (Wildman–Crippen LogP) is 2.04. The standard InChI is InChI=1S/C17H18N4O2S/c22-15(13-9-18-16(23)19-13)21-17-20-12-7-6-11(8-14(12)24-17)10-4-2-1-3-5-10/h1-5,11,13H,6-9H2,(H2,18,19,23)(H,20,21,22). The van der Waals surface area contributed by atoms with E-state index in [1.165, 1.54) is 10.4 Å². The minimum Gasteiger partial charge on any atom is -0.336 e. The molecule has 1 aliphatic carbocycles. The topological polar surface area (TPSA) is 83.1 Å². The van der Waals surface area contributed by atoms with Gasteiger partial charge in [-0.25, -0.2) is 9.78 Å². The minimum atomic E-state index is -0.532. The Hall–Kier alpha value is -2.41. The van der Waals surface area contributed by atoms with Crippen LogP contribution in [-0.4, -0.2) is 29.5 Å². The van der Waals surface area contributed by atoms with Crippen LogP contribution >= 0.6 is 11.3 Å². The molecule has 1 aliphatic heterocycles. The lowest BCUT2D eigenvalue weighted by molar-refractivity contribution is -0.117. The van der Waals surface area contributed by atoms with E-state index in [2.05, 4.69) is 45.2 Å². The Labute approximate surface area is 143 Å². The van der Waals surface area contributed by atoms with Gasteiger partial charge in [0.25, 0.3) is 5.91 Å². The molecule has 124 valence electrons. The molecule has 0 saturated carbocycles. The third-order valence-corrected chi connectivity index (χ3v) is 5.56. The van der Waals surface area contributed by atoms with Gasteiger partial charge in [-0.2, -0.15) is 0 Å². The number of fused-ring (bicyclic) bond motifs is 1. The summed E-state index contributed by atoms with van der Waals surface area (Å²) in [6, 6.07) is 9.70. The van der Waals surface area contributed by atoms with Crippen LogP contribution in [0.1, 0.15) is 28.5 Å². The highest BCUT2D eigenvalue weighted by atomic mass is 32.1. The minimum absolute atomic E-state index is 0.223. The number of nitrogens with one attached hydrogen (secondary N) is 3. The van der Waals surface area contributed by atoms with Crippen molar-refractivity contribution in [1.29, 1.82) is 0 Å². The number of hydrogen-bond acceptors (Lipinski definition) is 4. The first-order chi connectivity index (χ1) is 11.7. The van der Waals surface area contributed by atoms with Gasteiger partial charge in [-0.05, 0) is 30.7 Å². The summed E-state index contributed by atoms with van der Waals surface area (Å²) in [6.45, 7) is 0.311. The number of amides is 3. The molecule has 1 aromatic carbocycles. The van der Waals surface area contributed by atoms with Crippen molar-refractivity contribution in [2.75, 3.05) is 11.9 Å². The maximum atomic E-state index is 12.2. The molecule has 1 saturated heterocycles. The zero-order chi connectivity index (χ0) is 16.5. The quantitative estimate of drug-likeness (QED) is 0.798. The first kappa shape index (κ1) is 15.1. The molecule has 6 nitrogen and oxygen atoms in total. The van der Waals surface area contributed by atoms with E-state index in [1.807, 2.05) is 6.07 Å². The summed E-state index contributed by atoms with van der Waals surface area (Å²) in [6.07, 6.45) is 2.98. The van der Waals surface area contributed by atoms with E-state index in [9.17, 15) is 9.59 Å². The molecule has 1 fully saturated rings. The van der Waals surface area contributed by atoms with E-state index >= 15 is 0 Å². The Kier molecular flexibility index (Phi) is 3.93. The Bertz CT molecular complexity index is 774. The molecule has 1 aromatic heterocycles. The summed E-state index contributed by atoms with van der Waals surface area (Å²) < 4.78 is 0. The number of nitrogens with zero attached hydrogens (tertiary/aromatic N) is 1. The van der Waals surface area contributed by atoms with Crippen LogP contribution in [0.2, 0.25) is 0 Å². The number of carbonyl (C=O) groups excluding carboxylic acids is 2. The molecule has 0 spiro atoms. The monoisotopic (exact) mass is 342 g/mol. The van der Waals surface area contributed by atoms with Gasteiger partial charge in [0, 0.05) is 11.4 Å². The van der Waals surface area contributed by atoms with Crippen LogP contribution in [-0.2, 0) is 17.6 Å². The van der Waals surface area contributed by atoms with Crippen molar-refractivity contribution < 1.29 is 9.59 Å².